The van der Waals surface area contributed by atoms with Crippen molar-refractivity contribution in [2.45, 2.75) is 12.5 Å². The topological polar surface area (TPSA) is 50.9 Å². The first-order valence-electron chi connectivity index (χ1n) is 4.31. The van der Waals surface area contributed by atoms with Gasteiger partial charge in [0.05, 0.1) is 6.20 Å². The summed E-state index contributed by atoms with van der Waals surface area (Å²) >= 11 is 1.63. The zero-order valence-electron chi connectivity index (χ0n) is 7.79. The maximum atomic E-state index is 9.79. The molecule has 4 nitrogen and oxygen atoms in total. The number of aliphatic hydroxyl groups excluding tert-OH is 1. The number of aromatic nitrogens is 3. The Morgan fingerprint density at radius 1 is 1.64 bits per heavy atom. The van der Waals surface area contributed by atoms with Crippen LogP contribution in [0.2, 0.25) is 0 Å². The Kier molecular flexibility index (Phi) is 2.60. The van der Waals surface area contributed by atoms with Gasteiger partial charge < -0.3 is 5.11 Å². The molecule has 1 N–H and O–H groups in total. The minimum absolute atomic E-state index is 0.557. The number of aryl methyl sites for hydroxylation is 1. The highest BCUT2D eigenvalue weighted by molar-refractivity contribution is 7.07. The number of aliphatic hydroxyl groups is 1. The van der Waals surface area contributed by atoms with Crippen LogP contribution in [0.3, 0.4) is 0 Å². The van der Waals surface area contributed by atoms with Gasteiger partial charge in [0, 0.05) is 13.5 Å². The fourth-order valence-electron chi connectivity index (χ4n) is 1.25. The average molecular weight is 209 g/mol. The zero-order chi connectivity index (χ0) is 9.97. The second-order valence-corrected chi connectivity index (χ2v) is 3.89. The number of nitrogens with zero attached hydrogens (tertiary/aromatic N) is 3. The fraction of sp³-hybridized carbons (Fsp3) is 0.333. The molecule has 0 saturated heterocycles. The Morgan fingerprint density at radius 3 is 3.07 bits per heavy atom. The summed E-state index contributed by atoms with van der Waals surface area (Å²) in [7, 11) is 1.74. The van der Waals surface area contributed by atoms with Gasteiger partial charge in [0.2, 0.25) is 0 Å². The molecule has 0 radical (unpaired) electrons. The molecule has 0 bridgehead atoms. The van der Waals surface area contributed by atoms with Gasteiger partial charge in [-0.05, 0) is 22.4 Å². The lowest BCUT2D eigenvalue weighted by atomic mass is 10.1. The largest absolute Gasteiger partial charge is 0.386 e. The number of hydrogen-bond acceptors (Lipinski definition) is 4. The summed E-state index contributed by atoms with van der Waals surface area (Å²) < 4.78 is 0. The molecular formula is C9H11N3OS. The van der Waals surface area contributed by atoms with E-state index in [0.29, 0.717) is 12.1 Å². The highest BCUT2D eigenvalue weighted by Gasteiger charge is 2.11. The molecule has 2 aromatic rings. The predicted molar refractivity (Wildman–Crippen MR) is 54.0 cm³/mol. The van der Waals surface area contributed by atoms with E-state index < -0.39 is 6.10 Å². The molecule has 0 spiro atoms. The van der Waals surface area contributed by atoms with Crippen LogP contribution in [0.5, 0.6) is 0 Å². The van der Waals surface area contributed by atoms with Crippen molar-refractivity contribution in [2.24, 2.45) is 7.05 Å². The fourth-order valence-corrected chi connectivity index (χ4v) is 1.93. The molecule has 2 heterocycles. The van der Waals surface area contributed by atoms with Crippen molar-refractivity contribution in [3.05, 3.63) is 34.3 Å². The highest BCUT2D eigenvalue weighted by atomic mass is 32.1. The summed E-state index contributed by atoms with van der Waals surface area (Å²) in [5.41, 5.74) is 1.76. The number of rotatable bonds is 3. The van der Waals surface area contributed by atoms with Crippen LogP contribution >= 0.6 is 11.3 Å². The molecule has 0 aliphatic rings. The molecule has 0 aromatic carbocycles. The molecule has 1 atom stereocenters. The van der Waals surface area contributed by atoms with Gasteiger partial charge in [0.15, 0.2) is 0 Å². The van der Waals surface area contributed by atoms with Gasteiger partial charge in [0.1, 0.15) is 11.8 Å². The summed E-state index contributed by atoms with van der Waals surface area (Å²) in [6, 6.07) is 2.00. The minimum atomic E-state index is -0.557. The Bertz CT molecular complexity index is 396. The molecule has 2 aromatic heterocycles. The van der Waals surface area contributed by atoms with Crippen molar-refractivity contribution < 1.29 is 5.11 Å². The third-order valence-corrected chi connectivity index (χ3v) is 2.70. The van der Waals surface area contributed by atoms with Crippen molar-refractivity contribution >= 4 is 11.3 Å². The third-order valence-electron chi connectivity index (χ3n) is 1.97. The van der Waals surface area contributed by atoms with Crippen LogP contribution in [-0.4, -0.2) is 20.1 Å². The Labute approximate surface area is 85.8 Å². The van der Waals surface area contributed by atoms with Crippen LogP contribution in [0.15, 0.2) is 23.0 Å². The second kappa shape index (κ2) is 3.89. The molecule has 0 saturated carbocycles. The van der Waals surface area contributed by atoms with Gasteiger partial charge in [0.25, 0.3) is 0 Å². The lowest BCUT2D eigenvalue weighted by Gasteiger charge is -2.04. The molecule has 5 heteroatoms. The molecule has 14 heavy (non-hydrogen) atoms. The highest BCUT2D eigenvalue weighted by Crippen LogP contribution is 2.17. The molecular weight excluding hydrogens is 198 g/mol. The predicted octanol–water partition coefficient (Wildman–Crippen LogP) is 1.15. The Balaban J connectivity index is 2.06. The minimum Gasteiger partial charge on any atom is -0.386 e. The smallest absolute Gasteiger partial charge is 0.112 e. The van der Waals surface area contributed by atoms with E-state index in [1.807, 2.05) is 16.8 Å². The molecule has 74 valence electrons. The SMILES string of the molecule is Cn1ncc(C(O)Cc2ccsc2)n1. The molecule has 0 aliphatic heterocycles. The first-order chi connectivity index (χ1) is 6.75. The number of hydrogen-bond donors (Lipinski definition) is 1. The van der Waals surface area contributed by atoms with Gasteiger partial charge in [-0.25, -0.2) is 0 Å². The molecule has 1 unspecified atom stereocenters. The van der Waals surface area contributed by atoms with Gasteiger partial charge >= 0.3 is 0 Å². The molecule has 0 fully saturated rings. The quantitative estimate of drug-likeness (QED) is 0.825. The van der Waals surface area contributed by atoms with Crippen LogP contribution in [0.25, 0.3) is 0 Å². The van der Waals surface area contributed by atoms with E-state index in [0.717, 1.165) is 5.56 Å². The Hall–Kier alpha value is -1.20. The van der Waals surface area contributed by atoms with Gasteiger partial charge in [-0.3, -0.25) is 0 Å². The van der Waals surface area contributed by atoms with E-state index >= 15 is 0 Å². The van der Waals surface area contributed by atoms with E-state index in [1.165, 1.54) is 4.80 Å². The van der Waals surface area contributed by atoms with Crippen LogP contribution in [0, 0.1) is 0 Å². The van der Waals surface area contributed by atoms with E-state index in [4.69, 9.17) is 0 Å². The van der Waals surface area contributed by atoms with E-state index in [-0.39, 0.29) is 0 Å². The summed E-state index contributed by atoms with van der Waals surface area (Å²) in [4.78, 5) is 1.45. The van der Waals surface area contributed by atoms with Gasteiger partial charge in [-0.15, -0.1) is 0 Å². The lowest BCUT2D eigenvalue weighted by Crippen LogP contribution is -2.02. The maximum Gasteiger partial charge on any atom is 0.112 e. The Morgan fingerprint density at radius 2 is 2.50 bits per heavy atom. The van der Waals surface area contributed by atoms with E-state index in [9.17, 15) is 5.11 Å². The second-order valence-electron chi connectivity index (χ2n) is 3.11. The monoisotopic (exact) mass is 209 g/mol. The summed E-state index contributed by atoms with van der Waals surface area (Å²) in [6.07, 6.45) is 1.64. The average Bonchev–Trinajstić information content (AvgIpc) is 2.75. The van der Waals surface area contributed by atoms with E-state index in [1.54, 1.807) is 24.6 Å². The molecule has 0 amide bonds. The van der Waals surface area contributed by atoms with E-state index in [2.05, 4.69) is 10.2 Å². The first-order valence-corrected chi connectivity index (χ1v) is 5.25. The van der Waals surface area contributed by atoms with Gasteiger partial charge in [-0.2, -0.15) is 26.3 Å². The van der Waals surface area contributed by atoms with Crippen LogP contribution in [0.1, 0.15) is 17.4 Å². The van der Waals surface area contributed by atoms with Crippen LogP contribution in [0.4, 0.5) is 0 Å². The number of thiophene rings is 1. The summed E-state index contributed by atoms with van der Waals surface area (Å²) in [6.45, 7) is 0. The van der Waals surface area contributed by atoms with Crippen molar-refractivity contribution in [3.8, 4) is 0 Å². The summed E-state index contributed by atoms with van der Waals surface area (Å²) in [5.74, 6) is 0. The van der Waals surface area contributed by atoms with Crippen molar-refractivity contribution in [3.63, 3.8) is 0 Å². The summed E-state index contributed by atoms with van der Waals surface area (Å²) in [5, 5.41) is 21.8. The lowest BCUT2D eigenvalue weighted by molar-refractivity contribution is 0.173. The maximum absolute atomic E-state index is 9.79. The van der Waals surface area contributed by atoms with Crippen molar-refractivity contribution in [1.82, 2.24) is 15.0 Å². The zero-order valence-corrected chi connectivity index (χ0v) is 8.61. The van der Waals surface area contributed by atoms with Crippen molar-refractivity contribution in [1.29, 1.82) is 0 Å². The third kappa shape index (κ3) is 2.00. The standard InChI is InChI=1S/C9H11N3OS/c1-12-10-5-8(11-12)9(13)4-7-2-3-14-6-7/h2-3,5-6,9,13H,4H2,1H3. The van der Waals surface area contributed by atoms with Crippen LogP contribution in [-0.2, 0) is 13.5 Å². The van der Waals surface area contributed by atoms with Crippen molar-refractivity contribution in [2.75, 3.05) is 0 Å². The van der Waals surface area contributed by atoms with Crippen LogP contribution < -0.4 is 0 Å². The normalized spacial score (nSPS) is 13.0. The molecule has 0 aliphatic carbocycles. The van der Waals surface area contributed by atoms with Gasteiger partial charge in [-0.1, -0.05) is 0 Å². The first kappa shape index (κ1) is 9.36. The molecule has 2 rings (SSSR count).